The van der Waals surface area contributed by atoms with Crippen molar-refractivity contribution in [1.82, 2.24) is 4.90 Å². The van der Waals surface area contributed by atoms with Crippen LogP contribution >= 0.6 is 0 Å². The van der Waals surface area contributed by atoms with E-state index >= 15 is 0 Å². The van der Waals surface area contributed by atoms with Crippen LogP contribution in [0.2, 0.25) is 0 Å². The highest BCUT2D eigenvalue weighted by molar-refractivity contribution is 5.70. The third-order valence-electron chi connectivity index (χ3n) is 4.40. The molecule has 2 aliphatic heterocycles. The Bertz CT molecular complexity index is 261. The molecule has 3 aliphatic rings. The van der Waals surface area contributed by atoms with Crippen molar-refractivity contribution >= 4 is 5.97 Å². The van der Waals surface area contributed by atoms with E-state index < -0.39 is 5.97 Å². The van der Waals surface area contributed by atoms with Crippen LogP contribution in [0.5, 0.6) is 0 Å². The zero-order chi connectivity index (χ0) is 10.4. The monoisotopic (exact) mass is 209 g/mol. The first-order valence-corrected chi connectivity index (χ1v) is 6.22. The number of hydrogen-bond acceptors (Lipinski definition) is 2. The molecular formula is C12H19NO2. The van der Waals surface area contributed by atoms with Crippen LogP contribution in [0.3, 0.4) is 0 Å². The largest absolute Gasteiger partial charge is 0.481 e. The summed E-state index contributed by atoms with van der Waals surface area (Å²) in [5, 5.41) is 9.06. The Kier molecular flexibility index (Phi) is 2.23. The molecule has 0 unspecified atom stereocenters. The number of hydrogen-bond donors (Lipinski definition) is 1. The molecule has 3 fully saturated rings. The number of aliphatic carboxylic acids is 1. The molecule has 3 nitrogen and oxygen atoms in total. The predicted octanol–water partition coefficient (Wildman–Crippen LogP) is 1.72. The molecule has 2 atom stereocenters. The van der Waals surface area contributed by atoms with Crippen LogP contribution in [0.4, 0.5) is 0 Å². The standard InChI is InChI=1S/C12H19NO2/c14-12(15)9-5-10-3-4-11(6-9)13(10)7-8-1-2-8/h8-11H,1-7H2,(H,14,15)/t10-,11-/m1/s1. The number of nitrogens with zero attached hydrogens (tertiary/aromatic N) is 1. The topological polar surface area (TPSA) is 40.5 Å². The molecule has 2 saturated heterocycles. The van der Waals surface area contributed by atoms with E-state index in [0.29, 0.717) is 12.1 Å². The number of piperidine rings is 1. The van der Waals surface area contributed by atoms with Crippen molar-refractivity contribution in [3.63, 3.8) is 0 Å². The number of rotatable bonds is 3. The summed E-state index contributed by atoms with van der Waals surface area (Å²) in [7, 11) is 0. The molecule has 3 heteroatoms. The van der Waals surface area contributed by atoms with Crippen LogP contribution in [-0.2, 0) is 4.79 Å². The summed E-state index contributed by atoms with van der Waals surface area (Å²) in [4.78, 5) is 13.6. The van der Waals surface area contributed by atoms with Crippen LogP contribution in [0.1, 0.15) is 38.5 Å². The quantitative estimate of drug-likeness (QED) is 0.769. The number of carboxylic acids is 1. The average molecular weight is 209 g/mol. The van der Waals surface area contributed by atoms with Gasteiger partial charge in [0.15, 0.2) is 0 Å². The molecule has 0 spiro atoms. The Morgan fingerprint density at radius 3 is 2.20 bits per heavy atom. The van der Waals surface area contributed by atoms with Gasteiger partial charge in [0.2, 0.25) is 0 Å². The number of carbonyl (C=O) groups is 1. The average Bonchev–Trinajstić information content (AvgIpc) is 2.94. The van der Waals surface area contributed by atoms with E-state index in [-0.39, 0.29) is 5.92 Å². The Hall–Kier alpha value is -0.570. The van der Waals surface area contributed by atoms with Gasteiger partial charge < -0.3 is 5.11 Å². The molecule has 15 heavy (non-hydrogen) atoms. The first kappa shape index (κ1) is 9.64. The molecule has 2 bridgehead atoms. The van der Waals surface area contributed by atoms with E-state index in [4.69, 9.17) is 5.11 Å². The third-order valence-corrected chi connectivity index (χ3v) is 4.40. The Balaban J connectivity index is 1.66. The second-order valence-corrected chi connectivity index (χ2v) is 5.53. The smallest absolute Gasteiger partial charge is 0.306 e. The maximum Gasteiger partial charge on any atom is 0.306 e. The first-order chi connectivity index (χ1) is 7.24. The lowest BCUT2D eigenvalue weighted by Gasteiger charge is -2.37. The van der Waals surface area contributed by atoms with Crippen molar-refractivity contribution in [2.75, 3.05) is 6.54 Å². The molecule has 1 saturated carbocycles. The van der Waals surface area contributed by atoms with Gasteiger partial charge in [-0.25, -0.2) is 0 Å². The van der Waals surface area contributed by atoms with Crippen LogP contribution in [0.25, 0.3) is 0 Å². The molecule has 3 rings (SSSR count). The van der Waals surface area contributed by atoms with Crippen LogP contribution in [-0.4, -0.2) is 34.6 Å². The van der Waals surface area contributed by atoms with Crippen LogP contribution < -0.4 is 0 Å². The molecule has 0 radical (unpaired) electrons. The fraction of sp³-hybridized carbons (Fsp3) is 0.917. The summed E-state index contributed by atoms with van der Waals surface area (Å²) in [6, 6.07) is 1.18. The second-order valence-electron chi connectivity index (χ2n) is 5.53. The molecule has 1 aliphatic carbocycles. The van der Waals surface area contributed by atoms with Crippen molar-refractivity contribution in [3.8, 4) is 0 Å². The van der Waals surface area contributed by atoms with E-state index in [1.54, 1.807) is 0 Å². The van der Waals surface area contributed by atoms with Crippen LogP contribution in [0.15, 0.2) is 0 Å². The Morgan fingerprint density at radius 1 is 1.13 bits per heavy atom. The van der Waals surface area contributed by atoms with Gasteiger partial charge in [0.05, 0.1) is 5.92 Å². The van der Waals surface area contributed by atoms with Gasteiger partial charge in [-0.1, -0.05) is 0 Å². The minimum atomic E-state index is -0.571. The fourth-order valence-electron chi connectivity index (χ4n) is 3.37. The van der Waals surface area contributed by atoms with E-state index in [0.717, 1.165) is 18.8 Å². The van der Waals surface area contributed by atoms with Gasteiger partial charge in [-0.05, 0) is 44.4 Å². The van der Waals surface area contributed by atoms with Gasteiger partial charge in [0, 0.05) is 18.6 Å². The molecule has 0 aromatic heterocycles. The molecule has 0 aromatic carbocycles. The van der Waals surface area contributed by atoms with Gasteiger partial charge in [-0.2, -0.15) is 0 Å². The lowest BCUT2D eigenvalue weighted by molar-refractivity contribution is -0.144. The molecule has 1 N–H and O–H groups in total. The van der Waals surface area contributed by atoms with E-state index in [2.05, 4.69) is 4.90 Å². The van der Waals surface area contributed by atoms with E-state index in [1.807, 2.05) is 0 Å². The van der Waals surface area contributed by atoms with Crippen molar-refractivity contribution in [2.24, 2.45) is 11.8 Å². The lowest BCUT2D eigenvalue weighted by Crippen LogP contribution is -2.45. The maximum absolute atomic E-state index is 11.0. The first-order valence-electron chi connectivity index (χ1n) is 6.22. The van der Waals surface area contributed by atoms with Crippen molar-refractivity contribution < 1.29 is 9.90 Å². The highest BCUT2D eigenvalue weighted by atomic mass is 16.4. The maximum atomic E-state index is 11.0. The molecule has 2 heterocycles. The minimum Gasteiger partial charge on any atom is -0.481 e. The Labute approximate surface area is 90.5 Å². The van der Waals surface area contributed by atoms with Gasteiger partial charge in [-0.3, -0.25) is 9.69 Å². The number of carboxylic acid groups (broad SMARTS) is 1. The van der Waals surface area contributed by atoms with Crippen molar-refractivity contribution in [1.29, 1.82) is 0 Å². The molecular weight excluding hydrogens is 190 g/mol. The van der Waals surface area contributed by atoms with E-state index in [1.165, 1.54) is 32.2 Å². The normalized spacial score (nSPS) is 40.7. The zero-order valence-corrected chi connectivity index (χ0v) is 9.06. The Morgan fingerprint density at radius 2 is 1.73 bits per heavy atom. The molecule has 84 valence electrons. The second kappa shape index (κ2) is 3.48. The van der Waals surface area contributed by atoms with Crippen molar-refractivity contribution in [3.05, 3.63) is 0 Å². The lowest BCUT2D eigenvalue weighted by atomic mass is 9.90. The van der Waals surface area contributed by atoms with Gasteiger partial charge in [0.25, 0.3) is 0 Å². The molecule has 0 aromatic rings. The van der Waals surface area contributed by atoms with E-state index in [9.17, 15) is 4.79 Å². The van der Waals surface area contributed by atoms with Crippen LogP contribution in [0, 0.1) is 11.8 Å². The zero-order valence-electron chi connectivity index (χ0n) is 9.06. The summed E-state index contributed by atoms with van der Waals surface area (Å²) in [5.74, 6) is 0.311. The predicted molar refractivity (Wildman–Crippen MR) is 56.6 cm³/mol. The van der Waals surface area contributed by atoms with Gasteiger partial charge in [-0.15, -0.1) is 0 Å². The summed E-state index contributed by atoms with van der Waals surface area (Å²) < 4.78 is 0. The minimum absolute atomic E-state index is 0.0575. The highest BCUT2D eigenvalue weighted by Crippen LogP contribution is 2.41. The van der Waals surface area contributed by atoms with Gasteiger partial charge in [0.1, 0.15) is 0 Å². The summed E-state index contributed by atoms with van der Waals surface area (Å²) in [6.07, 6.45) is 7.08. The van der Waals surface area contributed by atoms with Crippen molar-refractivity contribution in [2.45, 2.75) is 50.6 Å². The fourth-order valence-corrected chi connectivity index (χ4v) is 3.37. The summed E-state index contributed by atoms with van der Waals surface area (Å²) in [6.45, 7) is 1.25. The van der Waals surface area contributed by atoms with Gasteiger partial charge >= 0.3 is 5.97 Å². The summed E-state index contributed by atoms with van der Waals surface area (Å²) >= 11 is 0. The molecule has 0 amide bonds. The number of fused-ring (bicyclic) bond motifs is 2. The highest BCUT2D eigenvalue weighted by Gasteiger charge is 2.44. The third kappa shape index (κ3) is 1.78. The summed E-state index contributed by atoms with van der Waals surface area (Å²) in [5.41, 5.74) is 0. The SMILES string of the molecule is O=C(O)C1C[C@H]2CC[C@H](C1)N2CC1CC1.